The monoisotopic (exact) mass is 193 g/mol. The summed E-state index contributed by atoms with van der Waals surface area (Å²) in [5, 5.41) is 0. The third-order valence-electron chi connectivity index (χ3n) is 2.83. The van der Waals surface area contributed by atoms with Crippen LogP contribution in [0.5, 0.6) is 11.5 Å². The molecule has 3 nitrogen and oxygen atoms in total. The highest BCUT2D eigenvalue weighted by Crippen LogP contribution is 2.45. The topological polar surface area (TPSA) is 44.5 Å². The van der Waals surface area contributed by atoms with E-state index in [1.165, 1.54) is 11.1 Å². The van der Waals surface area contributed by atoms with Gasteiger partial charge < -0.3 is 15.2 Å². The van der Waals surface area contributed by atoms with E-state index in [2.05, 4.69) is 6.07 Å². The molecule has 0 bridgehead atoms. The third-order valence-corrected chi connectivity index (χ3v) is 2.83. The zero-order valence-corrected chi connectivity index (χ0v) is 8.54. The highest BCUT2D eigenvalue weighted by atomic mass is 16.5. The molecule has 0 fully saturated rings. The highest BCUT2D eigenvalue weighted by Gasteiger charge is 2.30. The third kappa shape index (κ3) is 1.16. The number of rotatable bonds is 3. The molecule has 76 valence electrons. The van der Waals surface area contributed by atoms with E-state index >= 15 is 0 Å². The van der Waals surface area contributed by atoms with E-state index < -0.39 is 0 Å². The van der Waals surface area contributed by atoms with Crippen LogP contribution in [0, 0.1) is 0 Å². The second-order valence-corrected chi connectivity index (χ2v) is 3.51. The Labute approximate surface area is 83.8 Å². The van der Waals surface area contributed by atoms with Gasteiger partial charge in [0, 0.05) is 11.5 Å². The lowest BCUT2D eigenvalue weighted by Gasteiger charge is -2.31. The van der Waals surface area contributed by atoms with Crippen molar-refractivity contribution in [2.45, 2.75) is 12.3 Å². The van der Waals surface area contributed by atoms with E-state index in [1.807, 2.05) is 6.07 Å². The summed E-state index contributed by atoms with van der Waals surface area (Å²) in [5.74, 6) is 2.09. The average molecular weight is 193 g/mol. The van der Waals surface area contributed by atoms with Crippen LogP contribution in [0.15, 0.2) is 12.1 Å². The van der Waals surface area contributed by atoms with Gasteiger partial charge in [0.2, 0.25) is 0 Å². The lowest BCUT2D eigenvalue weighted by molar-refractivity contribution is 0.344. The molecule has 14 heavy (non-hydrogen) atoms. The smallest absolute Gasteiger partial charge is 0.164 e. The van der Waals surface area contributed by atoms with Crippen molar-refractivity contribution in [2.24, 2.45) is 5.73 Å². The van der Waals surface area contributed by atoms with Gasteiger partial charge in [0.15, 0.2) is 11.5 Å². The van der Waals surface area contributed by atoms with Crippen LogP contribution in [0.2, 0.25) is 0 Å². The van der Waals surface area contributed by atoms with Crippen molar-refractivity contribution < 1.29 is 9.47 Å². The van der Waals surface area contributed by atoms with Crippen molar-refractivity contribution in [2.75, 3.05) is 20.8 Å². The first-order valence-electron chi connectivity index (χ1n) is 4.75. The molecule has 2 rings (SSSR count). The molecule has 0 amide bonds. The number of fused-ring (bicyclic) bond motifs is 1. The van der Waals surface area contributed by atoms with E-state index in [1.54, 1.807) is 14.2 Å². The van der Waals surface area contributed by atoms with E-state index in [4.69, 9.17) is 15.2 Å². The van der Waals surface area contributed by atoms with Crippen molar-refractivity contribution in [3.05, 3.63) is 23.3 Å². The second-order valence-electron chi connectivity index (χ2n) is 3.51. The fourth-order valence-corrected chi connectivity index (χ4v) is 2.05. The summed E-state index contributed by atoms with van der Waals surface area (Å²) in [6.45, 7) is 0.677. The van der Waals surface area contributed by atoms with Crippen LogP contribution in [-0.4, -0.2) is 20.8 Å². The molecule has 0 spiro atoms. The number of benzene rings is 1. The number of hydrogen-bond donors (Lipinski definition) is 1. The van der Waals surface area contributed by atoms with Crippen LogP contribution in [0.1, 0.15) is 17.0 Å². The van der Waals surface area contributed by atoms with Gasteiger partial charge in [-0.15, -0.1) is 0 Å². The molecule has 1 unspecified atom stereocenters. The van der Waals surface area contributed by atoms with E-state index in [-0.39, 0.29) is 0 Å². The quantitative estimate of drug-likeness (QED) is 0.787. The zero-order chi connectivity index (χ0) is 10.1. The molecule has 3 heteroatoms. The second kappa shape index (κ2) is 3.50. The Morgan fingerprint density at radius 3 is 2.71 bits per heavy atom. The standard InChI is InChI=1S/C11H15NO2/c1-13-9-4-3-7-5-8(6-12)10(7)11(9)14-2/h3-4,8H,5-6,12H2,1-2H3. The van der Waals surface area contributed by atoms with Crippen LogP contribution in [-0.2, 0) is 6.42 Å². The van der Waals surface area contributed by atoms with Crippen molar-refractivity contribution in [3.63, 3.8) is 0 Å². The van der Waals surface area contributed by atoms with E-state index in [9.17, 15) is 0 Å². The van der Waals surface area contributed by atoms with Crippen molar-refractivity contribution in [1.29, 1.82) is 0 Å². The van der Waals surface area contributed by atoms with Gasteiger partial charge in [-0.1, -0.05) is 6.07 Å². The van der Waals surface area contributed by atoms with Crippen LogP contribution in [0.4, 0.5) is 0 Å². The van der Waals surface area contributed by atoms with Crippen LogP contribution < -0.4 is 15.2 Å². The Bertz CT molecular complexity index is 349. The molecule has 1 aromatic carbocycles. The van der Waals surface area contributed by atoms with Crippen LogP contribution in [0.3, 0.4) is 0 Å². The first-order valence-corrected chi connectivity index (χ1v) is 4.75. The van der Waals surface area contributed by atoms with Gasteiger partial charge in [0.25, 0.3) is 0 Å². The SMILES string of the molecule is COc1ccc2c(c1OC)C(CN)C2. The molecule has 1 aliphatic rings. The minimum absolute atomic E-state index is 0.440. The summed E-state index contributed by atoms with van der Waals surface area (Å²) in [7, 11) is 3.32. The van der Waals surface area contributed by atoms with Gasteiger partial charge in [-0.25, -0.2) is 0 Å². The Morgan fingerprint density at radius 1 is 1.36 bits per heavy atom. The fourth-order valence-electron chi connectivity index (χ4n) is 2.05. The molecule has 0 saturated heterocycles. The van der Waals surface area contributed by atoms with Crippen molar-refractivity contribution in [1.82, 2.24) is 0 Å². The minimum atomic E-state index is 0.440. The Balaban J connectivity index is 2.47. The molecular formula is C11H15NO2. The van der Waals surface area contributed by atoms with Crippen LogP contribution in [0.25, 0.3) is 0 Å². The van der Waals surface area contributed by atoms with Gasteiger partial charge in [0.05, 0.1) is 14.2 Å². The number of ether oxygens (including phenoxy) is 2. The van der Waals surface area contributed by atoms with Gasteiger partial charge in [-0.05, 0) is 24.6 Å². The van der Waals surface area contributed by atoms with Gasteiger partial charge >= 0.3 is 0 Å². The molecule has 0 radical (unpaired) electrons. The largest absolute Gasteiger partial charge is 0.493 e. The Morgan fingerprint density at radius 2 is 2.14 bits per heavy atom. The number of methoxy groups -OCH3 is 2. The van der Waals surface area contributed by atoms with E-state index in [0.717, 1.165) is 17.9 Å². The summed E-state index contributed by atoms with van der Waals surface area (Å²) < 4.78 is 10.6. The molecule has 1 aliphatic carbocycles. The molecule has 1 aromatic rings. The van der Waals surface area contributed by atoms with Gasteiger partial charge in [0.1, 0.15) is 0 Å². The maximum Gasteiger partial charge on any atom is 0.164 e. The highest BCUT2D eigenvalue weighted by molar-refractivity contribution is 5.57. The summed E-state index contributed by atoms with van der Waals surface area (Å²) in [6.07, 6.45) is 1.06. The lowest BCUT2D eigenvalue weighted by atomic mass is 9.77. The summed E-state index contributed by atoms with van der Waals surface area (Å²) >= 11 is 0. The van der Waals surface area contributed by atoms with Gasteiger partial charge in [-0.2, -0.15) is 0 Å². The average Bonchev–Trinajstić information content (AvgIpc) is 2.19. The normalized spacial score (nSPS) is 18.4. The first-order chi connectivity index (χ1) is 6.81. The van der Waals surface area contributed by atoms with Crippen molar-refractivity contribution in [3.8, 4) is 11.5 Å². The molecule has 0 aromatic heterocycles. The minimum Gasteiger partial charge on any atom is -0.493 e. The fraction of sp³-hybridized carbons (Fsp3) is 0.455. The summed E-state index contributed by atoms with van der Waals surface area (Å²) in [4.78, 5) is 0. The number of nitrogens with two attached hydrogens (primary N) is 1. The van der Waals surface area contributed by atoms with Crippen molar-refractivity contribution >= 4 is 0 Å². The molecule has 0 aliphatic heterocycles. The predicted octanol–water partition coefficient (Wildman–Crippen LogP) is 1.30. The maximum atomic E-state index is 5.67. The van der Waals surface area contributed by atoms with Gasteiger partial charge in [-0.3, -0.25) is 0 Å². The zero-order valence-electron chi connectivity index (χ0n) is 8.54. The lowest BCUT2D eigenvalue weighted by Crippen LogP contribution is -2.25. The first kappa shape index (κ1) is 9.34. The summed E-state index contributed by atoms with van der Waals surface area (Å²) in [6, 6.07) is 4.03. The molecule has 0 heterocycles. The number of hydrogen-bond acceptors (Lipinski definition) is 3. The molecular weight excluding hydrogens is 178 g/mol. The molecule has 1 atom stereocenters. The predicted molar refractivity (Wildman–Crippen MR) is 55.0 cm³/mol. The maximum absolute atomic E-state index is 5.67. The Kier molecular flexibility index (Phi) is 2.33. The Hall–Kier alpha value is -1.22. The van der Waals surface area contributed by atoms with Crippen LogP contribution >= 0.6 is 0 Å². The molecule has 0 saturated carbocycles. The summed E-state index contributed by atoms with van der Waals surface area (Å²) in [5.41, 5.74) is 8.23. The van der Waals surface area contributed by atoms with E-state index in [0.29, 0.717) is 12.5 Å². The molecule has 2 N–H and O–H groups in total.